The van der Waals surface area contributed by atoms with Gasteiger partial charge < -0.3 is 15.2 Å². The van der Waals surface area contributed by atoms with Crippen LogP contribution in [0.4, 0.5) is 0 Å². The maximum atomic E-state index is 6.14. The van der Waals surface area contributed by atoms with E-state index in [9.17, 15) is 0 Å². The number of nitrogens with zero attached hydrogens (tertiary/aromatic N) is 4. The highest BCUT2D eigenvalue weighted by Gasteiger charge is 2.20. The van der Waals surface area contributed by atoms with Crippen LogP contribution < -0.4 is 5.73 Å². The van der Waals surface area contributed by atoms with Crippen molar-refractivity contribution in [2.75, 3.05) is 19.6 Å². The van der Waals surface area contributed by atoms with E-state index in [-0.39, 0.29) is 6.04 Å². The Kier molecular flexibility index (Phi) is 4.09. The Labute approximate surface area is 125 Å². The molecule has 2 aromatic heterocycles. The molecule has 2 aromatic rings. The van der Waals surface area contributed by atoms with Gasteiger partial charge in [0.25, 0.3) is 5.89 Å². The van der Waals surface area contributed by atoms with Crippen LogP contribution in [0.5, 0.6) is 0 Å². The number of hydrogen-bond donors (Lipinski definition) is 1. The molecule has 1 aliphatic heterocycles. The average molecular weight is 338 g/mol. The zero-order chi connectivity index (χ0) is 13.9. The molecule has 3 rings (SSSR count). The normalized spacial score (nSPS) is 17.5. The van der Waals surface area contributed by atoms with Crippen LogP contribution in [0.3, 0.4) is 0 Å². The monoisotopic (exact) mass is 337 g/mol. The first kappa shape index (κ1) is 13.7. The van der Waals surface area contributed by atoms with E-state index in [1.54, 1.807) is 12.4 Å². The SMILES string of the molecule is NC(CN1CCCC1)c1noc(-c2cncc(Br)c2)n1. The highest BCUT2D eigenvalue weighted by Crippen LogP contribution is 2.21. The third kappa shape index (κ3) is 3.05. The minimum atomic E-state index is -0.217. The first-order chi connectivity index (χ1) is 9.72. The number of likely N-dealkylation sites (tertiary alicyclic amines) is 1. The Morgan fingerprint density at radius 3 is 2.90 bits per heavy atom. The summed E-state index contributed by atoms with van der Waals surface area (Å²) in [5.41, 5.74) is 6.93. The lowest BCUT2D eigenvalue weighted by Crippen LogP contribution is -2.30. The van der Waals surface area contributed by atoms with Gasteiger partial charge in [-0.2, -0.15) is 4.98 Å². The standard InChI is InChI=1S/C13H16BrN5O/c14-10-5-9(6-16-7-10)13-17-12(18-20-13)11(15)8-19-3-1-2-4-19/h5-7,11H,1-4,8,15H2. The number of rotatable bonds is 4. The Hall–Kier alpha value is -1.31. The van der Waals surface area contributed by atoms with Gasteiger partial charge in [0.1, 0.15) is 0 Å². The summed E-state index contributed by atoms with van der Waals surface area (Å²) < 4.78 is 6.14. The third-order valence-corrected chi connectivity index (χ3v) is 3.81. The largest absolute Gasteiger partial charge is 0.334 e. The number of aromatic nitrogens is 3. The lowest BCUT2D eigenvalue weighted by Gasteiger charge is -2.17. The molecule has 6 nitrogen and oxygen atoms in total. The van der Waals surface area contributed by atoms with Crippen LogP contribution in [0, 0.1) is 0 Å². The Balaban J connectivity index is 1.72. The highest BCUT2D eigenvalue weighted by atomic mass is 79.9. The number of hydrogen-bond acceptors (Lipinski definition) is 6. The van der Waals surface area contributed by atoms with Crippen LogP contribution in [0.15, 0.2) is 27.5 Å². The van der Waals surface area contributed by atoms with Gasteiger partial charge in [-0.3, -0.25) is 4.98 Å². The van der Waals surface area contributed by atoms with Gasteiger partial charge in [-0.15, -0.1) is 0 Å². The van der Waals surface area contributed by atoms with Crippen LogP contribution in [-0.2, 0) is 0 Å². The van der Waals surface area contributed by atoms with Crippen LogP contribution in [0.2, 0.25) is 0 Å². The van der Waals surface area contributed by atoms with Crippen molar-refractivity contribution in [2.24, 2.45) is 5.73 Å². The summed E-state index contributed by atoms with van der Waals surface area (Å²) in [7, 11) is 0. The molecule has 0 saturated carbocycles. The molecule has 1 fully saturated rings. The van der Waals surface area contributed by atoms with E-state index in [0.717, 1.165) is 29.7 Å². The second-order valence-electron chi connectivity index (χ2n) is 4.96. The van der Waals surface area contributed by atoms with Gasteiger partial charge in [-0.05, 0) is 47.9 Å². The van der Waals surface area contributed by atoms with E-state index in [2.05, 4.69) is 36.0 Å². The molecule has 2 N–H and O–H groups in total. The minimum absolute atomic E-state index is 0.217. The van der Waals surface area contributed by atoms with Crippen molar-refractivity contribution in [1.82, 2.24) is 20.0 Å². The molecule has 0 spiro atoms. The maximum absolute atomic E-state index is 6.14. The fraction of sp³-hybridized carbons (Fsp3) is 0.462. The van der Waals surface area contributed by atoms with Crippen molar-refractivity contribution in [3.63, 3.8) is 0 Å². The van der Waals surface area contributed by atoms with Gasteiger partial charge in [0.05, 0.1) is 11.6 Å². The van der Waals surface area contributed by atoms with Crippen LogP contribution in [0.25, 0.3) is 11.5 Å². The van der Waals surface area contributed by atoms with Crippen molar-refractivity contribution < 1.29 is 4.52 Å². The molecule has 0 aliphatic carbocycles. The van der Waals surface area contributed by atoms with E-state index in [4.69, 9.17) is 10.3 Å². The van der Waals surface area contributed by atoms with E-state index in [1.807, 2.05) is 6.07 Å². The molecule has 0 amide bonds. The Bertz CT molecular complexity index is 582. The van der Waals surface area contributed by atoms with Crippen molar-refractivity contribution in [3.05, 3.63) is 28.8 Å². The summed E-state index contributed by atoms with van der Waals surface area (Å²) in [5, 5.41) is 3.98. The molecule has 0 aromatic carbocycles. The van der Waals surface area contributed by atoms with E-state index >= 15 is 0 Å². The van der Waals surface area contributed by atoms with Gasteiger partial charge in [-0.1, -0.05) is 5.16 Å². The van der Waals surface area contributed by atoms with Gasteiger partial charge >= 0.3 is 0 Å². The summed E-state index contributed by atoms with van der Waals surface area (Å²) in [6, 6.07) is 1.67. The molecule has 0 radical (unpaired) electrons. The smallest absolute Gasteiger partial charge is 0.259 e. The minimum Gasteiger partial charge on any atom is -0.334 e. The van der Waals surface area contributed by atoms with Gasteiger partial charge in [0.2, 0.25) is 0 Å². The molecule has 3 heterocycles. The number of pyridine rings is 1. The first-order valence-electron chi connectivity index (χ1n) is 6.65. The lowest BCUT2D eigenvalue weighted by molar-refractivity contribution is 0.306. The molecule has 1 atom stereocenters. The molecule has 1 aliphatic rings. The topological polar surface area (TPSA) is 81.1 Å². The molecule has 1 saturated heterocycles. The Morgan fingerprint density at radius 1 is 1.35 bits per heavy atom. The summed E-state index contributed by atoms with van der Waals surface area (Å²) in [6.45, 7) is 2.98. The van der Waals surface area contributed by atoms with Crippen molar-refractivity contribution >= 4 is 15.9 Å². The molecular weight excluding hydrogens is 322 g/mol. The summed E-state index contributed by atoms with van der Waals surface area (Å²) >= 11 is 3.37. The van der Waals surface area contributed by atoms with Crippen molar-refractivity contribution in [3.8, 4) is 11.5 Å². The second kappa shape index (κ2) is 5.99. The lowest BCUT2D eigenvalue weighted by atomic mass is 10.2. The number of nitrogens with two attached hydrogens (primary N) is 1. The molecule has 20 heavy (non-hydrogen) atoms. The molecule has 106 valence electrons. The molecule has 0 bridgehead atoms. The zero-order valence-electron chi connectivity index (χ0n) is 11.0. The highest BCUT2D eigenvalue weighted by molar-refractivity contribution is 9.10. The van der Waals surface area contributed by atoms with Crippen LogP contribution in [-0.4, -0.2) is 39.7 Å². The third-order valence-electron chi connectivity index (χ3n) is 3.38. The quantitative estimate of drug-likeness (QED) is 0.918. The van der Waals surface area contributed by atoms with Crippen molar-refractivity contribution in [1.29, 1.82) is 0 Å². The van der Waals surface area contributed by atoms with Gasteiger partial charge in [-0.25, -0.2) is 0 Å². The fourth-order valence-electron chi connectivity index (χ4n) is 2.36. The van der Waals surface area contributed by atoms with Crippen molar-refractivity contribution in [2.45, 2.75) is 18.9 Å². The first-order valence-corrected chi connectivity index (χ1v) is 7.44. The molecule has 1 unspecified atom stereocenters. The zero-order valence-corrected chi connectivity index (χ0v) is 12.6. The van der Waals surface area contributed by atoms with E-state index < -0.39 is 0 Å². The maximum Gasteiger partial charge on any atom is 0.259 e. The molecule has 7 heteroatoms. The van der Waals surface area contributed by atoms with E-state index in [1.165, 1.54) is 12.8 Å². The fourth-order valence-corrected chi connectivity index (χ4v) is 2.72. The predicted molar refractivity (Wildman–Crippen MR) is 77.8 cm³/mol. The summed E-state index contributed by atoms with van der Waals surface area (Å²) in [5.74, 6) is 0.998. The van der Waals surface area contributed by atoms with E-state index in [0.29, 0.717) is 11.7 Å². The number of halogens is 1. The summed E-state index contributed by atoms with van der Waals surface area (Å²) in [6.07, 6.45) is 5.88. The van der Waals surface area contributed by atoms with Crippen LogP contribution >= 0.6 is 15.9 Å². The van der Waals surface area contributed by atoms with Gasteiger partial charge in [0, 0.05) is 23.4 Å². The van der Waals surface area contributed by atoms with Crippen LogP contribution in [0.1, 0.15) is 24.7 Å². The summed E-state index contributed by atoms with van der Waals surface area (Å²) in [4.78, 5) is 10.8. The predicted octanol–water partition coefficient (Wildman–Crippen LogP) is 1.99. The second-order valence-corrected chi connectivity index (χ2v) is 5.88. The average Bonchev–Trinajstić information content (AvgIpc) is 3.09. The van der Waals surface area contributed by atoms with Gasteiger partial charge in [0.15, 0.2) is 5.82 Å². The molecular formula is C13H16BrN5O. The Morgan fingerprint density at radius 2 is 2.15 bits per heavy atom.